The Balaban J connectivity index is 0.000000458. The lowest BCUT2D eigenvalue weighted by atomic mass is 9.80. The molecule has 0 aliphatic rings. The molecular formula is C36H39ClO6. The minimum Gasteiger partial charge on any atom is -0.508 e. The maximum Gasteiger partial charge on any atom is 0.147 e. The molecule has 0 aliphatic carbocycles. The number of aliphatic hydroxyl groups is 1. The van der Waals surface area contributed by atoms with Crippen LogP contribution in [0.15, 0.2) is 127 Å². The second kappa shape index (κ2) is 16.8. The van der Waals surface area contributed by atoms with Crippen molar-refractivity contribution in [3.05, 3.63) is 155 Å². The Hall–Kier alpha value is -4.49. The summed E-state index contributed by atoms with van der Waals surface area (Å²) in [5.74, 6) is 1.96. The normalized spacial score (nSPS) is 10.6. The van der Waals surface area contributed by atoms with E-state index in [0.29, 0.717) is 6.61 Å². The molecule has 43 heavy (non-hydrogen) atoms. The summed E-state index contributed by atoms with van der Waals surface area (Å²) in [4.78, 5) is 0. The number of benzene rings is 5. The summed E-state index contributed by atoms with van der Waals surface area (Å²) < 4.78 is 28.5. The van der Waals surface area contributed by atoms with Crippen LogP contribution in [-0.4, -0.2) is 30.7 Å². The van der Waals surface area contributed by atoms with Crippen molar-refractivity contribution in [2.45, 2.75) is 26.2 Å². The summed E-state index contributed by atoms with van der Waals surface area (Å²) in [6, 6.07) is 39.7. The van der Waals surface area contributed by atoms with Gasteiger partial charge >= 0.3 is 0 Å². The van der Waals surface area contributed by atoms with Crippen LogP contribution < -0.4 is 9.47 Å². The third kappa shape index (κ3) is 8.75. The van der Waals surface area contributed by atoms with Crippen molar-refractivity contribution in [2.75, 3.05) is 14.2 Å². The van der Waals surface area contributed by atoms with Crippen LogP contribution in [0.5, 0.6) is 23.0 Å². The molecule has 0 aromatic heterocycles. The zero-order valence-electron chi connectivity index (χ0n) is 26.5. The average Bonchev–Trinajstić information content (AvgIpc) is 3.11. The first-order chi connectivity index (χ1) is 22.0. The molecule has 7 heteroatoms. The second-order valence-corrected chi connectivity index (χ2v) is 9.29. The van der Waals surface area contributed by atoms with Crippen molar-refractivity contribution < 1.29 is 30.9 Å². The molecule has 0 radical (unpaired) electrons. The molecule has 0 heterocycles. The van der Waals surface area contributed by atoms with Gasteiger partial charge in [-0.2, -0.15) is 0 Å². The smallest absolute Gasteiger partial charge is 0.147 e. The number of hydrogen-bond acceptors (Lipinski definition) is 6. The lowest BCUT2D eigenvalue weighted by Gasteiger charge is -2.36. The molecule has 0 atom stereocenters. The van der Waals surface area contributed by atoms with Gasteiger partial charge in [-0.1, -0.05) is 86.3 Å². The van der Waals surface area contributed by atoms with Crippen LogP contribution in [0, 0.1) is 0 Å². The molecule has 6 nitrogen and oxygen atoms in total. The predicted molar refractivity (Wildman–Crippen MR) is 173 cm³/mol. The fourth-order valence-electron chi connectivity index (χ4n) is 4.57. The molecule has 0 spiro atoms. The van der Waals surface area contributed by atoms with Gasteiger partial charge in [0.25, 0.3) is 0 Å². The molecular weight excluding hydrogens is 564 g/mol. The number of aliphatic hydroxyl groups excluding tert-OH is 1. The number of rotatable bonds is 9. The number of phenolic OH excluding ortho intramolecular Hbond substituents is 2. The second-order valence-electron chi connectivity index (χ2n) is 9.29. The summed E-state index contributed by atoms with van der Waals surface area (Å²) in [6.45, 7) is 0.287. The maximum atomic E-state index is 9.93. The Morgan fingerprint density at radius 2 is 1.09 bits per heavy atom. The van der Waals surface area contributed by atoms with E-state index in [4.69, 9.17) is 27.0 Å². The van der Waals surface area contributed by atoms with Crippen molar-refractivity contribution in [2.24, 2.45) is 0 Å². The number of ether oxygens (including phenoxy) is 3. The van der Waals surface area contributed by atoms with Gasteiger partial charge in [-0.05, 0) is 76.3 Å². The van der Waals surface area contributed by atoms with Crippen molar-refractivity contribution in [1.29, 1.82) is 1.17 Å². The Bertz CT molecular complexity index is 1470. The van der Waals surface area contributed by atoms with E-state index in [2.05, 4.69) is 24.5 Å². The Kier molecular flexibility index (Phi) is 12.3. The van der Waals surface area contributed by atoms with Crippen molar-refractivity contribution in [1.82, 2.24) is 0 Å². The SMILES string of the molecule is COc1ccc(C(OCc2cccc(O)c2)(c2ccccc2)c2ccc(OC)cc2)cc1.OCc1cccc(O)c1.[2H]Cl.[3H]C. The molecule has 3 N–H and O–H groups in total. The topological polar surface area (TPSA) is 88.4 Å². The third-order valence-corrected chi connectivity index (χ3v) is 6.63. The van der Waals surface area contributed by atoms with Crippen molar-refractivity contribution in [3.63, 3.8) is 0 Å². The standard InChI is InChI=1S/C28H26O4.C7H8O2.CH4.ClH/c1-30-26-15-11-23(12-16-26)28(22-8-4-3-5-9-22,24-13-17-27(31-2)18-14-24)32-20-21-7-6-10-25(29)19-21;8-5-6-2-1-3-7(9)4-6;;/h3-19,29H,20H2,1-2H3;1-4,8-9H,5H2;1H4;1H/i;;1T;/hD. The molecule has 0 amide bonds. The highest BCUT2D eigenvalue weighted by molar-refractivity contribution is 5.85. The van der Waals surface area contributed by atoms with E-state index in [0.717, 1.165) is 39.3 Å². The third-order valence-electron chi connectivity index (χ3n) is 6.63. The highest BCUT2D eigenvalue weighted by Gasteiger charge is 2.38. The Labute approximate surface area is 262 Å². The van der Waals surface area contributed by atoms with Gasteiger partial charge in [0.15, 0.2) is 0 Å². The van der Waals surface area contributed by atoms with Crippen molar-refractivity contribution >= 4 is 12.3 Å². The molecule has 0 unspecified atom stereocenters. The molecule has 5 aromatic rings. The molecule has 0 bridgehead atoms. The van der Waals surface area contributed by atoms with E-state index in [1.807, 2.05) is 78.9 Å². The summed E-state index contributed by atoms with van der Waals surface area (Å²) >= 11 is 3.89. The minimum absolute atomic E-state index is 0.0194. The van der Waals surface area contributed by atoms with E-state index < -0.39 is 5.60 Å². The summed E-state index contributed by atoms with van der Waals surface area (Å²) in [5, 5.41) is 27.3. The van der Waals surface area contributed by atoms with Crippen LogP contribution in [0.2, 0.25) is 0 Å². The number of hydrogen-bond donors (Lipinski definition) is 3. The molecule has 0 saturated heterocycles. The predicted octanol–water partition coefficient (Wildman–Crippen LogP) is 7.86. The summed E-state index contributed by atoms with van der Waals surface area (Å²) in [6.07, 6.45) is 0. The van der Waals surface area contributed by atoms with Gasteiger partial charge in [0.1, 0.15) is 29.8 Å². The zero-order chi connectivity index (χ0) is 33.1. The van der Waals surface area contributed by atoms with Gasteiger partial charge in [-0.3, -0.25) is 0 Å². The highest BCUT2D eigenvalue weighted by Crippen LogP contribution is 2.42. The first-order valence-corrected chi connectivity index (χ1v) is 13.1. The number of aromatic hydroxyl groups is 2. The minimum atomic E-state index is -0.884. The molecule has 0 fully saturated rings. The average molecular weight is 606 g/mol. The fourth-order valence-corrected chi connectivity index (χ4v) is 4.57. The summed E-state index contributed by atoms with van der Waals surface area (Å²) in [5.41, 5.74) is 3.66. The highest BCUT2D eigenvalue weighted by atomic mass is 35.5. The molecule has 0 saturated carbocycles. The lowest BCUT2D eigenvalue weighted by Crippen LogP contribution is -2.32. The Morgan fingerprint density at radius 1 is 0.651 bits per heavy atom. The van der Waals surface area contributed by atoms with Crippen LogP contribution >= 0.6 is 12.3 Å². The summed E-state index contributed by atoms with van der Waals surface area (Å²) in [7, 11) is 4.56. The largest absolute Gasteiger partial charge is 0.508 e. The van der Waals surface area contributed by atoms with Crippen LogP contribution in [-0.2, 0) is 23.6 Å². The zero-order valence-corrected chi connectivity index (χ0v) is 25.2. The van der Waals surface area contributed by atoms with Gasteiger partial charge in [-0.25, -0.2) is 0 Å². The Morgan fingerprint density at radius 3 is 1.51 bits per heavy atom. The fraction of sp³-hybridized carbons (Fsp3) is 0.167. The van der Waals surface area contributed by atoms with E-state index in [1.54, 1.807) is 44.6 Å². The molecule has 5 aromatic carbocycles. The van der Waals surface area contributed by atoms with Gasteiger partial charge in [0.05, 0.1) is 27.4 Å². The van der Waals surface area contributed by atoms with Gasteiger partial charge in [0, 0.05) is 1.37 Å². The number of methoxy groups -OCH3 is 2. The van der Waals surface area contributed by atoms with Crippen LogP contribution in [0.3, 0.4) is 0 Å². The van der Waals surface area contributed by atoms with Crippen molar-refractivity contribution in [3.8, 4) is 23.0 Å². The van der Waals surface area contributed by atoms with Gasteiger partial charge in [0.2, 0.25) is 0 Å². The van der Waals surface area contributed by atoms with E-state index in [1.165, 1.54) is 13.5 Å². The molecule has 5 rings (SSSR count). The first-order valence-electron chi connectivity index (χ1n) is 14.5. The molecule has 0 aliphatic heterocycles. The maximum absolute atomic E-state index is 9.93. The number of halogens is 1. The lowest BCUT2D eigenvalue weighted by molar-refractivity contribution is 0.000126. The van der Waals surface area contributed by atoms with Gasteiger partial charge in [-0.15, -0.1) is 12.3 Å². The number of phenols is 2. The van der Waals surface area contributed by atoms with E-state index >= 15 is 0 Å². The van der Waals surface area contributed by atoms with E-state index in [9.17, 15) is 5.11 Å². The molecule has 226 valence electrons. The first kappa shape index (κ1) is 31.4. The van der Waals surface area contributed by atoms with E-state index in [-0.39, 0.29) is 18.1 Å². The monoisotopic (exact) mass is 605 g/mol. The van der Waals surface area contributed by atoms with Crippen LogP contribution in [0.1, 0.15) is 36.6 Å². The van der Waals surface area contributed by atoms with Crippen LogP contribution in [0.25, 0.3) is 0 Å². The van der Waals surface area contributed by atoms with Crippen LogP contribution in [0.4, 0.5) is 0 Å². The van der Waals surface area contributed by atoms with Gasteiger partial charge < -0.3 is 29.5 Å². The quantitative estimate of drug-likeness (QED) is 0.148.